The molecule has 3 amide bonds. The van der Waals surface area contributed by atoms with Gasteiger partial charge in [-0.3, -0.25) is 14.4 Å². The summed E-state index contributed by atoms with van der Waals surface area (Å²) >= 11 is 0. The normalized spacial score (nSPS) is 27.4. The summed E-state index contributed by atoms with van der Waals surface area (Å²) in [7, 11) is 0. The smallest absolute Gasteiger partial charge is 0.250 e. The zero-order valence-corrected chi connectivity index (χ0v) is 25.8. The second-order valence-electron chi connectivity index (χ2n) is 12.3. The van der Waals surface area contributed by atoms with E-state index in [-0.39, 0.29) is 44.1 Å². The molecule has 2 unspecified atom stereocenters. The molecule has 0 aliphatic carbocycles. The van der Waals surface area contributed by atoms with Crippen LogP contribution in [0.2, 0.25) is 0 Å². The minimum atomic E-state index is -1.24. The Morgan fingerprint density at radius 1 is 1.09 bits per heavy atom. The van der Waals surface area contributed by atoms with Gasteiger partial charge in [-0.05, 0) is 50.5 Å². The van der Waals surface area contributed by atoms with Gasteiger partial charge in [0.2, 0.25) is 17.7 Å². The number of ether oxygens (including phenoxy) is 1. The predicted molar refractivity (Wildman–Crippen MR) is 169 cm³/mol. The third-order valence-corrected chi connectivity index (χ3v) is 9.89. The molecule has 4 heterocycles. The van der Waals surface area contributed by atoms with Crippen molar-refractivity contribution in [1.82, 2.24) is 24.8 Å². The van der Waals surface area contributed by atoms with Crippen LogP contribution in [-0.4, -0.2) is 90.6 Å². The highest BCUT2D eigenvalue weighted by molar-refractivity contribution is 6.03. The molecule has 236 valence electrons. The van der Waals surface area contributed by atoms with E-state index in [0.29, 0.717) is 30.5 Å². The van der Waals surface area contributed by atoms with Crippen LogP contribution >= 0.6 is 0 Å². The number of para-hydroxylation sites is 2. The molecule has 3 fully saturated rings. The largest absolute Gasteiger partial charge is 0.394 e. The third kappa shape index (κ3) is 4.67. The van der Waals surface area contributed by atoms with Gasteiger partial charge in [0.25, 0.3) is 0 Å². The Morgan fingerprint density at radius 3 is 2.49 bits per heavy atom. The van der Waals surface area contributed by atoms with Gasteiger partial charge in [0.1, 0.15) is 23.8 Å². The Bertz CT molecular complexity index is 1630. The van der Waals surface area contributed by atoms with E-state index in [1.165, 1.54) is 4.90 Å². The number of hydrogen-bond donors (Lipinski definition) is 1. The van der Waals surface area contributed by atoms with E-state index in [9.17, 15) is 19.5 Å². The Labute approximate surface area is 262 Å². The first-order valence-corrected chi connectivity index (χ1v) is 15.5. The molecule has 0 saturated carbocycles. The summed E-state index contributed by atoms with van der Waals surface area (Å²) in [5, 5.41) is 18.8. The van der Waals surface area contributed by atoms with Crippen molar-refractivity contribution in [3.63, 3.8) is 0 Å². The van der Waals surface area contributed by atoms with E-state index in [2.05, 4.69) is 23.5 Å². The van der Waals surface area contributed by atoms with Crippen molar-refractivity contribution in [1.29, 1.82) is 0 Å². The fourth-order valence-corrected chi connectivity index (χ4v) is 7.83. The second-order valence-corrected chi connectivity index (χ2v) is 12.3. The number of likely N-dealkylation sites (tertiary alicyclic amines) is 1. The highest BCUT2D eigenvalue weighted by atomic mass is 16.5. The van der Waals surface area contributed by atoms with Gasteiger partial charge in [-0.15, -0.1) is 18.3 Å². The SMILES string of the molecule is C=CCN(Cn1nnc2ccccc21)C(=O)C1N([C@H](C)CO)C(=O)[C@@H]2[C@@H](C(=O)N(CC=C)c3ccccc3)[C@@]3(CC)CCC12O3. The first kappa shape index (κ1) is 30.7. The van der Waals surface area contributed by atoms with Crippen LogP contribution in [-0.2, 0) is 25.8 Å². The van der Waals surface area contributed by atoms with Crippen molar-refractivity contribution in [3.05, 3.63) is 79.9 Å². The maximum atomic E-state index is 14.8. The average molecular weight is 613 g/mol. The zero-order valence-electron chi connectivity index (χ0n) is 25.8. The number of aliphatic hydroxyl groups is 1. The maximum Gasteiger partial charge on any atom is 0.250 e. The molecule has 3 aliphatic rings. The lowest BCUT2D eigenvalue weighted by molar-refractivity contribution is -0.156. The number of rotatable bonds is 12. The number of nitrogens with zero attached hydrogens (tertiary/aromatic N) is 6. The minimum Gasteiger partial charge on any atom is -0.394 e. The summed E-state index contributed by atoms with van der Waals surface area (Å²) in [5.41, 5.74) is -0.00445. The molecular weight excluding hydrogens is 572 g/mol. The van der Waals surface area contributed by atoms with Gasteiger partial charge in [-0.25, -0.2) is 4.68 Å². The Kier molecular flexibility index (Phi) is 8.09. The van der Waals surface area contributed by atoms with Crippen molar-refractivity contribution in [2.24, 2.45) is 11.8 Å². The number of anilines is 1. The van der Waals surface area contributed by atoms with E-state index in [4.69, 9.17) is 4.74 Å². The van der Waals surface area contributed by atoms with Crippen molar-refractivity contribution < 1.29 is 24.2 Å². The van der Waals surface area contributed by atoms with E-state index >= 15 is 0 Å². The highest BCUT2D eigenvalue weighted by Gasteiger charge is 2.79. The van der Waals surface area contributed by atoms with E-state index in [0.717, 1.165) is 5.52 Å². The van der Waals surface area contributed by atoms with Gasteiger partial charge < -0.3 is 24.5 Å². The molecular formula is C34H40N6O5. The number of benzene rings is 2. The lowest BCUT2D eigenvalue weighted by Gasteiger charge is -2.38. The fourth-order valence-electron chi connectivity index (χ4n) is 7.83. The summed E-state index contributed by atoms with van der Waals surface area (Å²) in [6.45, 7) is 11.6. The molecule has 2 bridgehead atoms. The van der Waals surface area contributed by atoms with Gasteiger partial charge in [0.05, 0.1) is 35.6 Å². The van der Waals surface area contributed by atoms with E-state index < -0.39 is 35.1 Å². The third-order valence-electron chi connectivity index (χ3n) is 9.89. The molecule has 11 nitrogen and oxygen atoms in total. The number of aromatic nitrogens is 3. The molecule has 11 heteroatoms. The molecule has 1 N–H and O–H groups in total. The number of hydrogen-bond acceptors (Lipinski definition) is 7. The van der Waals surface area contributed by atoms with Crippen LogP contribution in [0.1, 0.15) is 33.1 Å². The van der Waals surface area contributed by atoms with Crippen molar-refractivity contribution in [3.8, 4) is 0 Å². The fraction of sp³-hybridized carbons (Fsp3) is 0.441. The van der Waals surface area contributed by atoms with Crippen molar-refractivity contribution in [2.75, 3.05) is 24.6 Å². The van der Waals surface area contributed by atoms with Gasteiger partial charge in [0, 0.05) is 18.8 Å². The average Bonchev–Trinajstić information content (AvgIpc) is 3.80. The first-order valence-electron chi connectivity index (χ1n) is 15.5. The zero-order chi connectivity index (χ0) is 31.9. The van der Waals surface area contributed by atoms with Crippen LogP contribution in [0.4, 0.5) is 5.69 Å². The lowest BCUT2D eigenvalue weighted by atomic mass is 9.64. The summed E-state index contributed by atoms with van der Waals surface area (Å²) in [5.74, 6) is -2.64. The summed E-state index contributed by atoms with van der Waals surface area (Å²) in [6, 6.07) is 15.1. The first-order chi connectivity index (χ1) is 21.8. The number of carbonyl (C=O) groups is 3. The molecule has 1 spiro atoms. The van der Waals surface area contributed by atoms with Crippen LogP contribution in [0, 0.1) is 11.8 Å². The maximum absolute atomic E-state index is 14.8. The number of fused-ring (bicyclic) bond motifs is 2. The number of aliphatic hydroxyl groups excluding tert-OH is 1. The van der Waals surface area contributed by atoms with Crippen LogP contribution in [0.3, 0.4) is 0 Å². The minimum absolute atomic E-state index is 0.0700. The summed E-state index contributed by atoms with van der Waals surface area (Å²) in [6.07, 6.45) is 4.76. The topological polar surface area (TPSA) is 121 Å². The Balaban J connectivity index is 1.42. The quantitative estimate of drug-likeness (QED) is 0.312. The number of amides is 3. The van der Waals surface area contributed by atoms with Crippen LogP contribution in [0.25, 0.3) is 11.0 Å². The standard InChI is InChI=1S/C34H40N6O5/c1-5-19-37(22-39-26-16-12-11-15-25(26)35-36-39)32(44)29-34-18-17-33(7-3,45-34)27(28(34)31(43)40(29)23(4)21-41)30(42)38(20-6-2)24-13-9-8-10-14-24/h5-6,8-16,23,27-29,41H,1-2,7,17-22H2,3-4H3/t23-,27+,28+,29?,33-,34?/m1/s1. The molecule has 2 aromatic carbocycles. The van der Waals surface area contributed by atoms with Crippen LogP contribution in [0.15, 0.2) is 79.9 Å². The lowest BCUT2D eigenvalue weighted by Crippen LogP contribution is -2.58. The van der Waals surface area contributed by atoms with E-state index in [1.807, 2.05) is 61.5 Å². The van der Waals surface area contributed by atoms with Crippen molar-refractivity contribution >= 4 is 34.4 Å². The van der Waals surface area contributed by atoms with Gasteiger partial charge in [0.15, 0.2) is 0 Å². The molecule has 3 saturated heterocycles. The Hall–Kier alpha value is -4.35. The monoisotopic (exact) mass is 612 g/mol. The molecule has 0 radical (unpaired) electrons. The highest BCUT2D eigenvalue weighted by Crippen LogP contribution is 2.65. The molecule has 45 heavy (non-hydrogen) atoms. The van der Waals surface area contributed by atoms with Crippen molar-refractivity contribution in [2.45, 2.75) is 63.1 Å². The summed E-state index contributed by atoms with van der Waals surface area (Å²) in [4.78, 5) is 48.7. The molecule has 6 atom stereocenters. The Morgan fingerprint density at radius 2 is 1.80 bits per heavy atom. The van der Waals surface area contributed by atoms with Crippen LogP contribution < -0.4 is 4.90 Å². The molecule has 6 rings (SSSR count). The van der Waals surface area contributed by atoms with Gasteiger partial charge in [-0.1, -0.05) is 54.6 Å². The molecule has 3 aromatic rings. The van der Waals surface area contributed by atoms with Gasteiger partial charge >= 0.3 is 0 Å². The van der Waals surface area contributed by atoms with Crippen LogP contribution in [0.5, 0.6) is 0 Å². The van der Waals surface area contributed by atoms with Gasteiger partial charge in [-0.2, -0.15) is 0 Å². The predicted octanol–water partition coefficient (Wildman–Crippen LogP) is 3.16. The molecule has 1 aromatic heterocycles. The number of carbonyl (C=O) groups excluding carboxylic acids is 3. The summed E-state index contributed by atoms with van der Waals surface area (Å²) < 4.78 is 8.60. The van der Waals surface area contributed by atoms with E-state index in [1.54, 1.807) is 33.6 Å². The second kappa shape index (κ2) is 11.9. The molecule has 3 aliphatic heterocycles.